The minimum Gasteiger partial charge on any atom is -0.395 e. The summed E-state index contributed by atoms with van der Waals surface area (Å²) in [6.07, 6.45) is 4.15. The van der Waals surface area contributed by atoms with E-state index < -0.39 is 0 Å². The summed E-state index contributed by atoms with van der Waals surface area (Å²) in [5.74, 6) is 0. The summed E-state index contributed by atoms with van der Waals surface area (Å²) in [6.45, 7) is 4.74. The van der Waals surface area contributed by atoms with Crippen LogP contribution in [0.3, 0.4) is 0 Å². The van der Waals surface area contributed by atoms with Gasteiger partial charge < -0.3 is 5.11 Å². The molecule has 2 heteroatoms. The second kappa shape index (κ2) is 7.21. The summed E-state index contributed by atoms with van der Waals surface area (Å²) < 4.78 is 0. The molecule has 0 aliphatic heterocycles. The highest BCUT2D eigenvalue weighted by Gasteiger charge is 2.02. The third-order valence-electron chi connectivity index (χ3n) is 2.26. The number of hydrogen-bond donors (Lipinski definition) is 1. The lowest BCUT2D eigenvalue weighted by atomic mass is 10.2. The third-order valence-corrected chi connectivity index (χ3v) is 2.26. The Kier molecular flexibility index (Phi) is 5.74. The summed E-state index contributed by atoms with van der Waals surface area (Å²) in [6, 6.07) is 10.3. The normalized spacial score (nSPS) is 11.4. The van der Waals surface area contributed by atoms with Crippen molar-refractivity contribution in [3.8, 4) is 0 Å². The molecule has 0 saturated heterocycles. The lowest BCUT2D eigenvalue weighted by Gasteiger charge is -2.19. The van der Waals surface area contributed by atoms with E-state index in [9.17, 15) is 0 Å². The van der Waals surface area contributed by atoms with E-state index in [-0.39, 0.29) is 6.61 Å². The maximum absolute atomic E-state index is 8.95. The quantitative estimate of drug-likeness (QED) is 0.719. The van der Waals surface area contributed by atoms with Gasteiger partial charge >= 0.3 is 0 Å². The van der Waals surface area contributed by atoms with E-state index in [0.29, 0.717) is 0 Å². The lowest BCUT2D eigenvalue weighted by Crippen LogP contribution is -2.26. The van der Waals surface area contributed by atoms with Crippen LogP contribution in [0, 0.1) is 0 Å². The average molecular weight is 205 g/mol. The van der Waals surface area contributed by atoms with E-state index >= 15 is 0 Å². The van der Waals surface area contributed by atoms with Crippen molar-refractivity contribution in [1.29, 1.82) is 0 Å². The number of rotatable bonds is 6. The van der Waals surface area contributed by atoms with Gasteiger partial charge in [0.1, 0.15) is 0 Å². The molecule has 0 unspecified atom stereocenters. The first kappa shape index (κ1) is 12.0. The molecule has 0 aromatic heterocycles. The molecule has 0 spiro atoms. The van der Waals surface area contributed by atoms with Crippen molar-refractivity contribution < 1.29 is 5.11 Å². The molecule has 1 N–H and O–H groups in total. The predicted octanol–water partition coefficient (Wildman–Crippen LogP) is 2.06. The summed E-state index contributed by atoms with van der Waals surface area (Å²) in [5.41, 5.74) is 1.29. The monoisotopic (exact) mass is 205 g/mol. The van der Waals surface area contributed by atoms with Crippen LogP contribution < -0.4 is 0 Å². The number of aliphatic hydroxyl groups excluding tert-OH is 1. The summed E-state index contributed by atoms with van der Waals surface area (Å²) in [7, 11) is 0. The third kappa shape index (κ3) is 4.77. The van der Waals surface area contributed by atoms with Crippen LogP contribution in [0.25, 0.3) is 0 Å². The molecule has 1 rings (SSSR count). The van der Waals surface area contributed by atoms with Crippen molar-refractivity contribution in [2.24, 2.45) is 0 Å². The van der Waals surface area contributed by atoms with Crippen LogP contribution in [0.4, 0.5) is 0 Å². The van der Waals surface area contributed by atoms with Gasteiger partial charge in [-0.15, -0.1) is 0 Å². The van der Waals surface area contributed by atoms with Crippen LogP contribution in [0.1, 0.15) is 12.5 Å². The van der Waals surface area contributed by atoms with Crippen LogP contribution in [-0.2, 0) is 6.54 Å². The first-order valence-electron chi connectivity index (χ1n) is 5.35. The van der Waals surface area contributed by atoms with E-state index in [4.69, 9.17) is 5.11 Å². The Hall–Kier alpha value is -1.12. The van der Waals surface area contributed by atoms with E-state index in [0.717, 1.165) is 19.6 Å². The van der Waals surface area contributed by atoms with Crippen molar-refractivity contribution in [2.75, 3.05) is 19.7 Å². The highest BCUT2D eigenvalue weighted by Crippen LogP contribution is 2.03. The molecule has 0 fully saturated rings. The Labute approximate surface area is 91.9 Å². The Morgan fingerprint density at radius 3 is 2.60 bits per heavy atom. The number of benzene rings is 1. The molecular formula is C13H19NO. The number of nitrogens with zero attached hydrogens (tertiary/aromatic N) is 1. The Morgan fingerprint density at radius 1 is 1.27 bits per heavy atom. The molecule has 0 atom stereocenters. The molecule has 0 radical (unpaired) electrons. The molecule has 1 aromatic carbocycles. The fraction of sp³-hybridized carbons (Fsp3) is 0.385. The molecule has 0 aliphatic carbocycles. The zero-order valence-electron chi connectivity index (χ0n) is 9.26. The molecule has 0 heterocycles. The minimum atomic E-state index is 0.213. The van der Waals surface area contributed by atoms with Gasteiger partial charge in [-0.3, -0.25) is 4.90 Å². The lowest BCUT2D eigenvalue weighted by molar-refractivity contribution is 0.203. The van der Waals surface area contributed by atoms with Gasteiger partial charge in [-0.1, -0.05) is 42.5 Å². The SMILES string of the molecule is C/C=C/CN(CCO)Cc1ccccc1. The minimum absolute atomic E-state index is 0.213. The number of aliphatic hydroxyl groups is 1. The second-order valence-corrected chi connectivity index (χ2v) is 3.51. The van der Waals surface area contributed by atoms with Crippen molar-refractivity contribution in [2.45, 2.75) is 13.5 Å². The van der Waals surface area contributed by atoms with E-state index in [1.165, 1.54) is 5.56 Å². The van der Waals surface area contributed by atoms with Gasteiger partial charge in [0, 0.05) is 19.6 Å². The van der Waals surface area contributed by atoms with Crippen LogP contribution in [-0.4, -0.2) is 29.7 Å². The van der Waals surface area contributed by atoms with Crippen molar-refractivity contribution in [3.63, 3.8) is 0 Å². The topological polar surface area (TPSA) is 23.5 Å². The summed E-state index contributed by atoms with van der Waals surface area (Å²) in [5, 5.41) is 8.95. The Balaban J connectivity index is 2.50. The molecule has 2 nitrogen and oxygen atoms in total. The fourth-order valence-electron chi connectivity index (χ4n) is 1.47. The van der Waals surface area contributed by atoms with E-state index in [1.807, 2.05) is 31.2 Å². The molecule has 1 aromatic rings. The van der Waals surface area contributed by atoms with Gasteiger partial charge in [-0.05, 0) is 12.5 Å². The van der Waals surface area contributed by atoms with E-state index in [1.54, 1.807) is 0 Å². The molecule has 0 aliphatic rings. The van der Waals surface area contributed by atoms with Crippen molar-refractivity contribution in [1.82, 2.24) is 4.90 Å². The zero-order valence-corrected chi connectivity index (χ0v) is 9.26. The van der Waals surface area contributed by atoms with E-state index in [2.05, 4.69) is 23.1 Å². The fourth-order valence-corrected chi connectivity index (χ4v) is 1.47. The van der Waals surface area contributed by atoms with Crippen LogP contribution in [0.5, 0.6) is 0 Å². The number of allylic oxidation sites excluding steroid dienone is 1. The van der Waals surface area contributed by atoms with Crippen LogP contribution in [0.15, 0.2) is 42.5 Å². The van der Waals surface area contributed by atoms with Gasteiger partial charge in [0.25, 0.3) is 0 Å². The van der Waals surface area contributed by atoms with Crippen LogP contribution >= 0.6 is 0 Å². The Bertz CT molecular complexity index is 282. The van der Waals surface area contributed by atoms with Crippen molar-refractivity contribution in [3.05, 3.63) is 48.0 Å². The molecule has 0 saturated carbocycles. The summed E-state index contributed by atoms with van der Waals surface area (Å²) >= 11 is 0. The standard InChI is InChI=1S/C13H19NO/c1-2-3-9-14(10-11-15)12-13-7-5-4-6-8-13/h2-8,15H,9-12H2,1H3/b3-2+. The molecule has 15 heavy (non-hydrogen) atoms. The molecular weight excluding hydrogens is 186 g/mol. The average Bonchev–Trinajstić information content (AvgIpc) is 2.28. The van der Waals surface area contributed by atoms with Crippen molar-refractivity contribution >= 4 is 0 Å². The molecule has 82 valence electrons. The maximum Gasteiger partial charge on any atom is 0.0558 e. The Morgan fingerprint density at radius 2 is 2.00 bits per heavy atom. The molecule has 0 amide bonds. The molecule has 0 bridgehead atoms. The zero-order chi connectivity index (χ0) is 10.9. The van der Waals surface area contributed by atoms with Gasteiger partial charge in [0.05, 0.1) is 6.61 Å². The first-order valence-corrected chi connectivity index (χ1v) is 5.35. The smallest absolute Gasteiger partial charge is 0.0558 e. The first-order chi connectivity index (χ1) is 7.36. The summed E-state index contributed by atoms with van der Waals surface area (Å²) in [4.78, 5) is 2.22. The second-order valence-electron chi connectivity index (χ2n) is 3.51. The van der Waals surface area contributed by atoms with Gasteiger partial charge in [-0.2, -0.15) is 0 Å². The van der Waals surface area contributed by atoms with Gasteiger partial charge in [-0.25, -0.2) is 0 Å². The maximum atomic E-state index is 8.95. The largest absolute Gasteiger partial charge is 0.395 e. The van der Waals surface area contributed by atoms with Gasteiger partial charge in [0.15, 0.2) is 0 Å². The van der Waals surface area contributed by atoms with Crippen LogP contribution in [0.2, 0.25) is 0 Å². The predicted molar refractivity (Wildman–Crippen MR) is 63.6 cm³/mol. The number of hydrogen-bond acceptors (Lipinski definition) is 2. The highest BCUT2D eigenvalue weighted by atomic mass is 16.3. The van der Waals surface area contributed by atoms with Gasteiger partial charge in [0.2, 0.25) is 0 Å². The highest BCUT2D eigenvalue weighted by molar-refractivity contribution is 5.14.